The Kier molecular flexibility index (Phi) is 7.62. The van der Waals surface area contributed by atoms with Gasteiger partial charge in [-0.25, -0.2) is 0 Å². The Morgan fingerprint density at radius 2 is 1.82 bits per heavy atom. The summed E-state index contributed by atoms with van der Waals surface area (Å²) >= 11 is 0. The molecule has 34 heavy (non-hydrogen) atoms. The summed E-state index contributed by atoms with van der Waals surface area (Å²) in [7, 11) is 1.64. The van der Waals surface area contributed by atoms with Crippen LogP contribution in [0.3, 0.4) is 0 Å². The zero-order valence-electron chi connectivity index (χ0n) is 19.5. The average molecular weight is 460 g/mol. The smallest absolute Gasteiger partial charge is 0.310 e. The maximum atomic E-state index is 12.0. The molecule has 4 rings (SSSR count). The highest BCUT2D eigenvalue weighted by atomic mass is 16.5. The average Bonchev–Trinajstić information content (AvgIpc) is 3.26. The number of ether oxygens (including phenoxy) is 3. The van der Waals surface area contributed by atoms with E-state index in [2.05, 4.69) is 18.2 Å². The highest BCUT2D eigenvalue weighted by Gasteiger charge is 2.14. The van der Waals surface area contributed by atoms with E-state index in [4.69, 9.17) is 24.4 Å². The molecule has 0 atom stereocenters. The lowest BCUT2D eigenvalue weighted by Crippen LogP contribution is -2.09. The largest absolute Gasteiger partial charge is 0.489 e. The molecular formula is C28H29NO5. The van der Waals surface area contributed by atoms with Crippen LogP contribution in [0.5, 0.6) is 5.75 Å². The lowest BCUT2D eigenvalue weighted by Gasteiger charge is -2.13. The van der Waals surface area contributed by atoms with Crippen LogP contribution < -0.4 is 10.5 Å². The number of carbonyl (C=O) groups excluding carboxylic acids is 1. The first-order chi connectivity index (χ1) is 16.6. The molecule has 1 aromatic heterocycles. The summed E-state index contributed by atoms with van der Waals surface area (Å²) in [6.07, 6.45) is 0.169. The fourth-order valence-corrected chi connectivity index (χ4v) is 3.96. The zero-order valence-corrected chi connectivity index (χ0v) is 19.5. The van der Waals surface area contributed by atoms with Crippen LogP contribution in [-0.2, 0) is 40.4 Å². The van der Waals surface area contributed by atoms with E-state index in [1.807, 2.05) is 48.5 Å². The number of hydrogen-bond donors (Lipinski definition) is 1. The third-order valence-corrected chi connectivity index (χ3v) is 5.49. The van der Waals surface area contributed by atoms with Crippen molar-refractivity contribution in [1.82, 2.24) is 0 Å². The van der Waals surface area contributed by atoms with Gasteiger partial charge in [-0.1, -0.05) is 36.4 Å². The van der Waals surface area contributed by atoms with Gasteiger partial charge in [0.1, 0.15) is 30.3 Å². The van der Waals surface area contributed by atoms with Crippen LogP contribution in [0, 0.1) is 0 Å². The van der Waals surface area contributed by atoms with Gasteiger partial charge in [0, 0.05) is 30.2 Å². The van der Waals surface area contributed by atoms with Gasteiger partial charge in [-0.15, -0.1) is 0 Å². The van der Waals surface area contributed by atoms with Crippen molar-refractivity contribution in [2.45, 2.75) is 33.1 Å². The van der Waals surface area contributed by atoms with Gasteiger partial charge >= 0.3 is 5.97 Å². The zero-order chi connectivity index (χ0) is 23.9. The first-order valence-electron chi connectivity index (χ1n) is 11.3. The second kappa shape index (κ2) is 11.0. The standard InChI is InChI=1S/C28H29NO5/c1-3-32-27(30)15-22-8-4-5-10-26(22)33-17-20-12-23-14-24(18-31-2)34-28(23)25(13-20)21-9-6-7-19(11-21)16-29/h4-14H,3,15-18,29H2,1-2H3. The molecule has 4 aromatic rings. The molecule has 6 heteroatoms. The maximum Gasteiger partial charge on any atom is 0.310 e. The lowest BCUT2D eigenvalue weighted by molar-refractivity contribution is -0.142. The summed E-state index contributed by atoms with van der Waals surface area (Å²) in [5.41, 5.74) is 11.5. The Balaban J connectivity index is 1.67. The summed E-state index contributed by atoms with van der Waals surface area (Å²) in [6.45, 7) is 3.34. The van der Waals surface area contributed by atoms with Crippen LogP contribution in [0.2, 0.25) is 0 Å². The van der Waals surface area contributed by atoms with E-state index in [-0.39, 0.29) is 12.4 Å². The molecule has 0 aliphatic rings. The highest BCUT2D eigenvalue weighted by molar-refractivity contribution is 5.93. The van der Waals surface area contributed by atoms with Crippen molar-refractivity contribution < 1.29 is 23.4 Å². The topological polar surface area (TPSA) is 83.9 Å². The molecule has 0 aliphatic heterocycles. The van der Waals surface area contributed by atoms with Crippen molar-refractivity contribution in [1.29, 1.82) is 0 Å². The summed E-state index contributed by atoms with van der Waals surface area (Å²) in [4.78, 5) is 12.0. The minimum atomic E-state index is -0.272. The Morgan fingerprint density at radius 3 is 2.62 bits per heavy atom. The van der Waals surface area contributed by atoms with E-state index in [9.17, 15) is 4.79 Å². The van der Waals surface area contributed by atoms with E-state index in [0.717, 1.165) is 44.5 Å². The van der Waals surface area contributed by atoms with Crippen LogP contribution in [0.15, 0.2) is 71.1 Å². The quantitative estimate of drug-likeness (QED) is 0.320. The third kappa shape index (κ3) is 5.47. The van der Waals surface area contributed by atoms with E-state index >= 15 is 0 Å². The molecule has 1 heterocycles. The van der Waals surface area contributed by atoms with Crippen molar-refractivity contribution >= 4 is 16.9 Å². The number of methoxy groups -OCH3 is 1. The monoisotopic (exact) mass is 459 g/mol. The molecule has 0 amide bonds. The molecule has 6 nitrogen and oxygen atoms in total. The Bertz CT molecular complexity index is 1280. The van der Waals surface area contributed by atoms with E-state index in [1.165, 1.54) is 0 Å². The fourth-order valence-electron chi connectivity index (χ4n) is 3.96. The SMILES string of the molecule is CCOC(=O)Cc1ccccc1OCc1cc(-c2cccc(CN)c2)c2oc(COC)cc2c1. The third-order valence-electron chi connectivity index (χ3n) is 5.49. The highest BCUT2D eigenvalue weighted by Crippen LogP contribution is 2.34. The van der Waals surface area contributed by atoms with Gasteiger partial charge in [0.05, 0.1) is 13.0 Å². The predicted molar refractivity (Wildman–Crippen MR) is 131 cm³/mol. The molecular weight excluding hydrogens is 430 g/mol. The number of rotatable bonds is 10. The molecule has 0 unspecified atom stereocenters. The first-order valence-corrected chi connectivity index (χ1v) is 11.3. The molecule has 0 radical (unpaired) electrons. The minimum Gasteiger partial charge on any atom is -0.489 e. The number of para-hydroxylation sites is 1. The summed E-state index contributed by atoms with van der Waals surface area (Å²) in [5.74, 6) is 1.15. The van der Waals surface area contributed by atoms with Crippen LogP contribution in [0.25, 0.3) is 22.1 Å². The van der Waals surface area contributed by atoms with Gasteiger partial charge in [0.2, 0.25) is 0 Å². The number of fused-ring (bicyclic) bond motifs is 1. The number of furan rings is 1. The van der Waals surface area contributed by atoms with Crippen molar-refractivity contribution in [2.24, 2.45) is 5.73 Å². The van der Waals surface area contributed by atoms with Crippen LogP contribution >= 0.6 is 0 Å². The predicted octanol–water partition coefficient (Wildman–Crippen LogP) is 5.39. The van der Waals surface area contributed by atoms with Gasteiger partial charge in [0.15, 0.2) is 0 Å². The molecule has 0 fully saturated rings. The maximum absolute atomic E-state index is 12.0. The second-order valence-corrected chi connectivity index (χ2v) is 7.99. The first kappa shape index (κ1) is 23.5. The van der Waals surface area contributed by atoms with Crippen molar-refractivity contribution in [3.8, 4) is 16.9 Å². The number of carbonyl (C=O) groups is 1. The van der Waals surface area contributed by atoms with Gasteiger partial charge in [-0.2, -0.15) is 0 Å². The van der Waals surface area contributed by atoms with Crippen molar-refractivity contribution in [3.05, 3.63) is 89.2 Å². The fraction of sp³-hybridized carbons (Fsp3) is 0.250. The van der Waals surface area contributed by atoms with E-state index in [1.54, 1.807) is 14.0 Å². The normalized spacial score (nSPS) is 11.0. The molecule has 176 valence electrons. The molecule has 0 spiro atoms. The van der Waals surface area contributed by atoms with Crippen molar-refractivity contribution in [2.75, 3.05) is 13.7 Å². The Morgan fingerprint density at radius 1 is 0.971 bits per heavy atom. The molecule has 0 aliphatic carbocycles. The number of benzene rings is 3. The molecule has 0 bridgehead atoms. The van der Waals surface area contributed by atoms with E-state index in [0.29, 0.717) is 32.1 Å². The Labute approximate surface area is 199 Å². The summed E-state index contributed by atoms with van der Waals surface area (Å²) in [6, 6.07) is 21.8. The van der Waals surface area contributed by atoms with Crippen LogP contribution in [0.4, 0.5) is 0 Å². The lowest BCUT2D eigenvalue weighted by atomic mass is 9.99. The van der Waals surface area contributed by atoms with E-state index < -0.39 is 0 Å². The summed E-state index contributed by atoms with van der Waals surface area (Å²) < 4.78 is 22.6. The van der Waals surface area contributed by atoms with Gasteiger partial charge in [-0.05, 0) is 53.9 Å². The summed E-state index contributed by atoms with van der Waals surface area (Å²) in [5, 5.41) is 0.973. The van der Waals surface area contributed by atoms with Crippen molar-refractivity contribution in [3.63, 3.8) is 0 Å². The number of esters is 1. The van der Waals surface area contributed by atoms with Gasteiger partial charge < -0.3 is 24.4 Å². The number of hydrogen-bond acceptors (Lipinski definition) is 6. The van der Waals surface area contributed by atoms with Crippen LogP contribution in [0.1, 0.15) is 29.4 Å². The molecule has 3 aromatic carbocycles. The second-order valence-electron chi connectivity index (χ2n) is 7.99. The molecule has 2 N–H and O–H groups in total. The Hall–Kier alpha value is -3.61. The van der Waals surface area contributed by atoms with Gasteiger partial charge in [-0.3, -0.25) is 4.79 Å². The van der Waals surface area contributed by atoms with Crippen LogP contribution in [-0.4, -0.2) is 19.7 Å². The molecule has 0 saturated heterocycles. The van der Waals surface area contributed by atoms with Gasteiger partial charge in [0.25, 0.3) is 0 Å². The number of nitrogens with two attached hydrogens (primary N) is 1. The minimum absolute atomic E-state index is 0.169. The molecule has 0 saturated carbocycles.